The first kappa shape index (κ1) is 28.7. The summed E-state index contributed by atoms with van der Waals surface area (Å²) in [6.07, 6.45) is 0. The normalized spacial score (nSPS) is 11.8. The Labute approximate surface area is 297 Å². The molecule has 0 fully saturated rings. The number of furan rings is 2. The lowest BCUT2D eigenvalue weighted by Crippen LogP contribution is -1.97. The number of benzene rings is 7. The lowest BCUT2D eigenvalue weighted by Gasteiger charge is -2.13. The molecule has 0 spiro atoms. The number of pyridine rings is 1. The number of rotatable bonds is 4. The number of nitrogens with zero attached hydrogens (tertiary/aromatic N) is 3. The molecule has 7 aromatic carbocycles. The van der Waals surface area contributed by atoms with Gasteiger partial charge < -0.3 is 8.83 Å². The molecule has 52 heavy (non-hydrogen) atoms. The highest BCUT2D eigenvalue weighted by Gasteiger charge is 2.20. The lowest BCUT2D eigenvalue weighted by atomic mass is 9.95. The maximum absolute atomic E-state index is 6.41. The largest absolute Gasteiger partial charge is 0.456 e. The summed E-state index contributed by atoms with van der Waals surface area (Å²) in [6.45, 7) is 0. The Hall–Kier alpha value is -7.11. The van der Waals surface area contributed by atoms with Crippen LogP contribution in [0.4, 0.5) is 0 Å². The van der Waals surface area contributed by atoms with E-state index in [0.717, 1.165) is 105 Å². The van der Waals surface area contributed by atoms with Gasteiger partial charge in [-0.2, -0.15) is 0 Å². The van der Waals surface area contributed by atoms with Gasteiger partial charge in [0.05, 0.1) is 22.6 Å². The lowest BCUT2D eigenvalue weighted by molar-refractivity contribution is 0.668. The number of aromatic nitrogens is 3. The minimum absolute atomic E-state index is 0.632. The SMILES string of the molecule is c1ccc(-c2cc(-c3cccc4oc5ccccc5c34)nc(-c3ccc4nc(-c5ccccc5)c5ccc6oc7ccccc7c6c5c4c3)n2)cc1. The van der Waals surface area contributed by atoms with Gasteiger partial charge in [-0.15, -0.1) is 0 Å². The third-order valence-corrected chi connectivity index (χ3v) is 10.1. The summed E-state index contributed by atoms with van der Waals surface area (Å²) >= 11 is 0. The maximum atomic E-state index is 6.41. The van der Waals surface area contributed by atoms with E-state index in [1.54, 1.807) is 0 Å². The van der Waals surface area contributed by atoms with Crippen LogP contribution >= 0.6 is 0 Å². The summed E-state index contributed by atoms with van der Waals surface area (Å²) < 4.78 is 12.7. The number of hydrogen-bond acceptors (Lipinski definition) is 5. The topological polar surface area (TPSA) is 65.0 Å². The Morgan fingerprint density at radius 3 is 1.75 bits per heavy atom. The fourth-order valence-corrected chi connectivity index (χ4v) is 7.72. The van der Waals surface area contributed by atoms with Crippen molar-refractivity contribution in [3.63, 3.8) is 0 Å². The molecule has 4 heterocycles. The van der Waals surface area contributed by atoms with Crippen molar-refractivity contribution < 1.29 is 8.83 Å². The van der Waals surface area contributed by atoms with Crippen LogP contribution in [0.3, 0.4) is 0 Å². The molecular formula is C47H27N3O2. The van der Waals surface area contributed by atoms with Crippen molar-refractivity contribution in [3.8, 4) is 45.2 Å². The third kappa shape index (κ3) is 4.39. The van der Waals surface area contributed by atoms with E-state index in [1.165, 1.54) is 0 Å². The van der Waals surface area contributed by atoms with Gasteiger partial charge in [0.15, 0.2) is 5.82 Å². The summed E-state index contributed by atoms with van der Waals surface area (Å²) in [7, 11) is 0. The molecule has 0 aliphatic rings. The minimum Gasteiger partial charge on any atom is -0.456 e. The molecule has 5 nitrogen and oxygen atoms in total. The van der Waals surface area contributed by atoms with E-state index >= 15 is 0 Å². The first-order valence-electron chi connectivity index (χ1n) is 17.4. The summed E-state index contributed by atoms with van der Waals surface area (Å²) in [4.78, 5) is 15.8. The van der Waals surface area contributed by atoms with Crippen molar-refractivity contribution in [2.75, 3.05) is 0 Å². The Kier molecular flexibility index (Phi) is 6.18. The predicted octanol–water partition coefficient (Wildman–Crippen LogP) is 12.6. The zero-order valence-corrected chi connectivity index (χ0v) is 27.7. The molecule has 5 heteroatoms. The highest BCUT2D eigenvalue weighted by molar-refractivity contribution is 6.28. The summed E-state index contributed by atoms with van der Waals surface area (Å²) in [5.41, 5.74) is 10.9. The summed E-state index contributed by atoms with van der Waals surface area (Å²) in [6, 6.07) is 55.9. The van der Waals surface area contributed by atoms with Gasteiger partial charge in [0.1, 0.15) is 22.3 Å². The van der Waals surface area contributed by atoms with Crippen molar-refractivity contribution >= 4 is 65.6 Å². The molecule has 0 amide bonds. The molecule has 242 valence electrons. The summed E-state index contributed by atoms with van der Waals surface area (Å²) in [5, 5.41) is 7.43. The van der Waals surface area contributed by atoms with Crippen LogP contribution in [-0.4, -0.2) is 15.0 Å². The molecule has 0 N–H and O–H groups in total. The molecular weight excluding hydrogens is 639 g/mol. The van der Waals surface area contributed by atoms with Crippen LogP contribution in [0.1, 0.15) is 0 Å². The molecule has 11 rings (SSSR count). The van der Waals surface area contributed by atoms with Gasteiger partial charge in [-0.3, -0.25) is 0 Å². The van der Waals surface area contributed by atoms with Crippen molar-refractivity contribution in [2.24, 2.45) is 0 Å². The highest BCUT2D eigenvalue weighted by atomic mass is 16.3. The fourth-order valence-electron chi connectivity index (χ4n) is 7.72. The van der Waals surface area contributed by atoms with Crippen LogP contribution in [-0.2, 0) is 0 Å². The molecule has 11 aromatic rings. The number of hydrogen-bond donors (Lipinski definition) is 0. The van der Waals surface area contributed by atoms with E-state index in [1.807, 2.05) is 66.7 Å². The molecule has 0 unspecified atom stereocenters. The maximum Gasteiger partial charge on any atom is 0.160 e. The summed E-state index contributed by atoms with van der Waals surface area (Å²) in [5.74, 6) is 0.632. The van der Waals surface area contributed by atoms with Crippen molar-refractivity contribution in [2.45, 2.75) is 0 Å². The van der Waals surface area contributed by atoms with Crippen LogP contribution in [0.2, 0.25) is 0 Å². The van der Waals surface area contributed by atoms with Gasteiger partial charge in [-0.05, 0) is 54.6 Å². The van der Waals surface area contributed by atoms with Crippen LogP contribution in [0.15, 0.2) is 173 Å². The number of fused-ring (bicyclic) bond motifs is 10. The molecule has 0 saturated carbocycles. The molecule has 0 saturated heterocycles. The van der Waals surface area contributed by atoms with E-state index in [4.69, 9.17) is 23.8 Å². The van der Waals surface area contributed by atoms with Crippen LogP contribution in [0, 0.1) is 0 Å². The molecule has 0 aliphatic heterocycles. The van der Waals surface area contributed by atoms with E-state index < -0.39 is 0 Å². The van der Waals surface area contributed by atoms with Crippen molar-refractivity contribution in [1.29, 1.82) is 0 Å². The second-order valence-electron chi connectivity index (χ2n) is 13.1. The van der Waals surface area contributed by atoms with E-state index in [0.29, 0.717) is 5.82 Å². The number of para-hydroxylation sites is 2. The van der Waals surface area contributed by atoms with E-state index in [-0.39, 0.29) is 0 Å². The smallest absolute Gasteiger partial charge is 0.160 e. The fraction of sp³-hybridized carbons (Fsp3) is 0. The first-order chi connectivity index (χ1) is 25.8. The van der Waals surface area contributed by atoms with Crippen LogP contribution in [0.25, 0.3) is 111 Å². The first-order valence-corrected chi connectivity index (χ1v) is 17.4. The second kappa shape index (κ2) is 11.2. The molecule has 4 aromatic heterocycles. The quantitative estimate of drug-likeness (QED) is 0.175. The highest BCUT2D eigenvalue weighted by Crippen LogP contribution is 2.43. The molecule has 0 aliphatic carbocycles. The van der Waals surface area contributed by atoms with Gasteiger partial charge in [0, 0.05) is 60.0 Å². The Morgan fingerprint density at radius 1 is 0.346 bits per heavy atom. The van der Waals surface area contributed by atoms with Crippen LogP contribution < -0.4 is 0 Å². The minimum atomic E-state index is 0.632. The zero-order chi connectivity index (χ0) is 34.2. The van der Waals surface area contributed by atoms with E-state index in [9.17, 15) is 0 Å². The molecule has 0 radical (unpaired) electrons. The van der Waals surface area contributed by atoms with Gasteiger partial charge in [-0.25, -0.2) is 15.0 Å². The Balaban J connectivity index is 1.21. The third-order valence-electron chi connectivity index (χ3n) is 10.1. The Morgan fingerprint density at radius 2 is 0.981 bits per heavy atom. The predicted molar refractivity (Wildman–Crippen MR) is 211 cm³/mol. The average molecular weight is 666 g/mol. The van der Waals surface area contributed by atoms with Gasteiger partial charge in [-0.1, -0.05) is 109 Å². The zero-order valence-electron chi connectivity index (χ0n) is 27.7. The van der Waals surface area contributed by atoms with Crippen LogP contribution in [0.5, 0.6) is 0 Å². The van der Waals surface area contributed by atoms with Crippen molar-refractivity contribution in [1.82, 2.24) is 15.0 Å². The standard InChI is InChI=1S/C47H27N3O2/c1-3-12-28(13-4-1)37-27-38(31-18-11-21-41-43(31)32-16-7-9-19-39(32)51-41)50-47(49-37)30-22-24-36-35(26-30)44-34(46(48-36)29-14-5-2-6-15-29)23-25-42-45(44)33-17-8-10-20-40(33)52-42/h1-27H. The Bertz CT molecular complexity index is 3180. The molecule has 0 atom stereocenters. The second-order valence-corrected chi connectivity index (χ2v) is 13.1. The van der Waals surface area contributed by atoms with Gasteiger partial charge in [0.25, 0.3) is 0 Å². The van der Waals surface area contributed by atoms with E-state index in [2.05, 4.69) is 97.1 Å². The monoisotopic (exact) mass is 665 g/mol. The van der Waals surface area contributed by atoms with Gasteiger partial charge in [0.2, 0.25) is 0 Å². The van der Waals surface area contributed by atoms with Gasteiger partial charge >= 0.3 is 0 Å². The average Bonchev–Trinajstić information content (AvgIpc) is 3.79. The molecule has 0 bridgehead atoms. The van der Waals surface area contributed by atoms with Crippen molar-refractivity contribution in [3.05, 3.63) is 164 Å².